The third-order valence-corrected chi connectivity index (χ3v) is 6.51. The second kappa shape index (κ2) is 9.31. The largest absolute Gasteiger partial charge is 0.490 e. The smallest absolute Gasteiger partial charge is 0.417 e. The average molecular weight is 524 g/mol. The Hall–Kier alpha value is -3.27. The maximum absolute atomic E-state index is 14.9. The molecule has 2 heterocycles. The van der Waals surface area contributed by atoms with Crippen LogP contribution in [0.2, 0.25) is 0 Å². The number of carbonyl (C=O) groups is 1. The number of amides is 1. The fourth-order valence-electron chi connectivity index (χ4n) is 4.15. The van der Waals surface area contributed by atoms with Gasteiger partial charge in [-0.2, -0.15) is 18.4 Å². The number of carbonyl (C=O) groups excluding carboxylic acids is 1. The van der Waals surface area contributed by atoms with Crippen molar-refractivity contribution < 1.29 is 36.9 Å². The molecule has 1 amide bonds. The van der Waals surface area contributed by atoms with Crippen LogP contribution in [-0.2, 0) is 15.7 Å². The predicted octanol–water partition coefficient (Wildman–Crippen LogP) is 4.02. The molecule has 0 aliphatic carbocycles. The number of hydrogen-bond acceptors (Lipinski definition) is 6. The lowest BCUT2D eigenvalue weighted by Gasteiger charge is -2.29. The molecule has 2 aromatic rings. The Morgan fingerprint density at radius 2 is 1.92 bits per heavy atom. The summed E-state index contributed by atoms with van der Waals surface area (Å²) in [4.78, 5) is 15.6. The third-order valence-electron chi connectivity index (χ3n) is 6.15. The summed E-state index contributed by atoms with van der Waals surface area (Å²) in [7, 11) is 0. The van der Waals surface area contributed by atoms with Crippen molar-refractivity contribution in [3.8, 4) is 11.8 Å². The molecule has 0 bridgehead atoms. The zero-order chi connectivity index (χ0) is 26.4. The van der Waals surface area contributed by atoms with Gasteiger partial charge in [-0.05, 0) is 56.4 Å². The molecule has 4 rings (SSSR count). The molecule has 2 saturated heterocycles. The van der Waals surface area contributed by atoms with E-state index >= 15 is 0 Å². The average Bonchev–Trinajstić information content (AvgIpc) is 3.29. The molecule has 190 valence electrons. The molecule has 7 nitrogen and oxygen atoms in total. The minimum atomic E-state index is -4.82. The normalized spacial score (nSPS) is 21.7. The van der Waals surface area contributed by atoms with Crippen molar-refractivity contribution in [2.45, 2.75) is 31.7 Å². The summed E-state index contributed by atoms with van der Waals surface area (Å²) in [5.41, 5.74) is -3.11. The molecular formula is C24H21F4N3O4S. The molecule has 2 aromatic carbocycles. The highest BCUT2D eigenvalue weighted by molar-refractivity contribution is 7.81. The minimum absolute atomic E-state index is 0.0392. The van der Waals surface area contributed by atoms with Crippen molar-refractivity contribution in [3.63, 3.8) is 0 Å². The fraction of sp³-hybridized carbons (Fsp3) is 0.375. The SMILES string of the molecule is CC1(C)C(=O)N(c2ccc(C#N)c(C(F)(F)F)c2)C(=S)N1c1ccc(OC[C@@H]2COC[C@H]2O)c(F)c1. The van der Waals surface area contributed by atoms with Crippen molar-refractivity contribution in [2.75, 3.05) is 29.6 Å². The van der Waals surface area contributed by atoms with Gasteiger partial charge in [-0.15, -0.1) is 0 Å². The Labute approximate surface area is 209 Å². The van der Waals surface area contributed by atoms with Crippen LogP contribution < -0.4 is 14.5 Å². The van der Waals surface area contributed by atoms with E-state index < -0.39 is 40.7 Å². The first kappa shape index (κ1) is 25.8. The highest BCUT2D eigenvalue weighted by Gasteiger charge is 2.51. The van der Waals surface area contributed by atoms with Gasteiger partial charge in [0.15, 0.2) is 16.7 Å². The van der Waals surface area contributed by atoms with Gasteiger partial charge >= 0.3 is 6.18 Å². The summed E-state index contributed by atoms with van der Waals surface area (Å²) >= 11 is 5.45. The fourth-order valence-corrected chi connectivity index (χ4v) is 4.67. The predicted molar refractivity (Wildman–Crippen MR) is 125 cm³/mol. The highest BCUT2D eigenvalue weighted by atomic mass is 32.1. The number of nitriles is 1. The Kier molecular flexibility index (Phi) is 6.68. The standard InChI is InChI=1S/C24H21F4N3O4S/c1-23(2)21(33)30(15-4-3-13(9-29)17(7-15)24(26,27)28)22(36)31(23)16-5-6-20(18(25)8-16)35-11-14-10-34-12-19(14)32/h3-8,14,19,32H,10-12H2,1-2H3/t14-,19+/m0/s1. The van der Waals surface area contributed by atoms with E-state index in [1.54, 1.807) is 0 Å². The van der Waals surface area contributed by atoms with Gasteiger partial charge in [0.2, 0.25) is 0 Å². The number of aliphatic hydroxyl groups excluding tert-OH is 1. The molecule has 2 atom stereocenters. The summed E-state index contributed by atoms with van der Waals surface area (Å²) in [6, 6.07) is 8.31. The lowest BCUT2D eigenvalue weighted by Crippen LogP contribution is -2.44. The molecule has 0 spiro atoms. The van der Waals surface area contributed by atoms with E-state index in [0.29, 0.717) is 12.7 Å². The third kappa shape index (κ3) is 4.50. The molecule has 0 unspecified atom stereocenters. The first-order chi connectivity index (χ1) is 16.9. The number of thiocarbonyl (C=S) groups is 1. The van der Waals surface area contributed by atoms with Crippen molar-refractivity contribution in [1.82, 2.24) is 0 Å². The van der Waals surface area contributed by atoms with Crippen LogP contribution in [0.25, 0.3) is 0 Å². The zero-order valence-corrected chi connectivity index (χ0v) is 20.0. The lowest BCUT2D eigenvalue weighted by atomic mass is 10.0. The molecule has 2 aliphatic heterocycles. The molecule has 0 aromatic heterocycles. The van der Waals surface area contributed by atoms with Crippen LogP contribution in [0.1, 0.15) is 25.0 Å². The number of ether oxygens (including phenoxy) is 2. The molecule has 12 heteroatoms. The van der Waals surface area contributed by atoms with Gasteiger partial charge in [-0.1, -0.05) is 0 Å². The second-order valence-corrected chi connectivity index (χ2v) is 9.31. The molecule has 1 N–H and O–H groups in total. The van der Waals surface area contributed by atoms with Crippen LogP contribution in [0, 0.1) is 23.1 Å². The number of halogens is 4. The van der Waals surface area contributed by atoms with Crippen molar-refractivity contribution in [3.05, 3.63) is 53.3 Å². The monoisotopic (exact) mass is 523 g/mol. The topological polar surface area (TPSA) is 86.0 Å². The van der Waals surface area contributed by atoms with Crippen LogP contribution in [0.3, 0.4) is 0 Å². The van der Waals surface area contributed by atoms with Crippen LogP contribution in [0.15, 0.2) is 36.4 Å². The Morgan fingerprint density at radius 1 is 1.22 bits per heavy atom. The number of benzene rings is 2. The summed E-state index contributed by atoms with van der Waals surface area (Å²) in [5, 5.41) is 18.7. The Balaban J connectivity index is 1.63. The second-order valence-electron chi connectivity index (χ2n) is 8.95. The Bertz CT molecular complexity index is 1260. The van der Waals surface area contributed by atoms with E-state index in [0.717, 1.165) is 17.0 Å². The van der Waals surface area contributed by atoms with E-state index in [2.05, 4.69) is 0 Å². The summed E-state index contributed by atoms with van der Waals surface area (Å²) in [6.45, 7) is 3.54. The minimum Gasteiger partial charge on any atom is -0.490 e. The van der Waals surface area contributed by atoms with E-state index in [1.165, 1.54) is 43.0 Å². The summed E-state index contributed by atoms with van der Waals surface area (Å²) < 4.78 is 66.0. The number of hydrogen-bond donors (Lipinski definition) is 1. The van der Waals surface area contributed by atoms with Crippen molar-refractivity contribution in [2.24, 2.45) is 5.92 Å². The number of alkyl halides is 3. The molecular weight excluding hydrogens is 502 g/mol. The molecule has 36 heavy (non-hydrogen) atoms. The maximum Gasteiger partial charge on any atom is 0.417 e. The number of aliphatic hydroxyl groups is 1. The van der Waals surface area contributed by atoms with Crippen molar-refractivity contribution >= 4 is 34.6 Å². The van der Waals surface area contributed by atoms with E-state index in [1.807, 2.05) is 0 Å². The van der Waals surface area contributed by atoms with Gasteiger partial charge in [0.25, 0.3) is 5.91 Å². The van der Waals surface area contributed by atoms with E-state index in [4.69, 9.17) is 27.0 Å². The molecule has 2 aliphatic rings. The lowest BCUT2D eigenvalue weighted by molar-refractivity contribution is -0.137. The maximum atomic E-state index is 14.9. The molecule has 0 saturated carbocycles. The summed E-state index contributed by atoms with van der Waals surface area (Å²) in [6.07, 6.45) is -5.52. The van der Waals surface area contributed by atoms with Crippen LogP contribution in [-0.4, -0.2) is 47.6 Å². The van der Waals surface area contributed by atoms with Gasteiger partial charge < -0.3 is 19.5 Å². The highest BCUT2D eigenvalue weighted by Crippen LogP contribution is 2.40. The van der Waals surface area contributed by atoms with Crippen LogP contribution in [0.4, 0.5) is 28.9 Å². The van der Waals surface area contributed by atoms with Crippen molar-refractivity contribution in [1.29, 1.82) is 5.26 Å². The van der Waals surface area contributed by atoms with Crippen LogP contribution in [0.5, 0.6) is 5.75 Å². The quantitative estimate of drug-likeness (QED) is 0.468. The summed E-state index contributed by atoms with van der Waals surface area (Å²) in [5.74, 6) is -1.75. The van der Waals surface area contributed by atoms with Gasteiger partial charge in [0.05, 0.1) is 48.8 Å². The van der Waals surface area contributed by atoms with Gasteiger partial charge in [0, 0.05) is 17.7 Å². The first-order valence-corrected chi connectivity index (χ1v) is 11.3. The molecule has 0 radical (unpaired) electrons. The van der Waals surface area contributed by atoms with E-state index in [9.17, 15) is 27.5 Å². The zero-order valence-electron chi connectivity index (χ0n) is 19.2. The van der Waals surface area contributed by atoms with Gasteiger partial charge in [-0.25, -0.2) is 4.39 Å². The first-order valence-electron chi connectivity index (χ1n) is 10.8. The van der Waals surface area contributed by atoms with Gasteiger partial charge in [-0.3, -0.25) is 9.69 Å². The Morgan fingerprint density at radius 3 is 2.50 bits per heavy atom. The molecule has 2 fully saturated rings. The number of rotatable bonds is 5. The van der Waals surface area contributed by atoms with Gasteiger partial charge in [0.1, 0.15) is 5.54 Å². The van der Waals surface area contributed by atoms with Crippen LogP contribution >= 0.6 is 12.2 Å². The van der Waals surface area contributed by atoms with E-state index in [-0.39, 0.29) is 41.4 Å². The number of nitrogens with zero attached hydrogens (tertiary/aromatic N) is 3. The number of anilines is 2.